The van der Waals surface area contributed by atoms with E-state index in [2.05, 4.69) is 25.3 Å². The van der Waals surface area contributed by atoms with E-state index in [0.717, 1.165) is 11.0 Å². The molecule has 0 unspecified atom stereocenters. The number of anilines is 1. The number of ketones is 1. The Morgan fingerprint density at radius 2 is 1.97 bits per heavy atom. The van der Waals surface area contributed by atoms with Gasteiger partial charge in [0.25, 0.3) is 0 Å². The topological polar surface area (TPSA) is 117 Å². The molecule has 176 valence electrons. The highest BCUT2D eigenvalue weighted by atomic mass is 16.5. The van der Waals surface area contributed by atoms with Crippen LogP contribution in [0.3, 0.4) is 0 Å². The van der Waals surface area contributed by atoms with Crippen molar-refractivity contribution in [2.75, 3.05) is 12.4 Å². The largest absolute Gasteiger partial charge is 0.481 e. The second-order valence-corrected chi connectivity index (χ2v) is 8.35. The summed E-state index contributed by atoms with van der Waals surface area (Å²) in [6.45, 7) is 4.12. The SMILES string of the molecule is COc1ccc2c(ccn2CC(=O)Nc2cncc(C(=O)c3cn(C(C)C)c4ncncc34)c2)n1. The van der Waals surface area contributed by atoms with Crippen LogP contribution >= 0.6 is 0 Å². The molecule has 0 spiro atoms. The maximum atomic E-state index is 13.3. The fraction of sp³-hybridized carbons (Fsp3) is 0.200. The van der Waals surface area contributed by atoms with Gasteiger partial charge in [-0.15, -0.1) is 0 Å². The number of pyridine rings is 2. The van der Waals surface area contributed by atoms with Crippen molar-refractivity contribution in [1.82, 2.24) is 29.1 Å². The number of carbonyl (C=O) groups is 2. The summed E-state index contributed by atoms with van der Waals surface area (Å²) in [6.07, 6.45) is 9.68. The van der Waals surface area contributed by atoms with Gasteiger partial charge in [-0.2, -0.15) is 0 Å². The van der Waals surface area contributed by atoms with E-state index in [0.29, 0.717) is 33.7 Å². The van der Waals surface area contributed by atoms with Crippen molar-refractivity contribution in [3.8, 4) is 5.88 Å². The van der Waals surface area contributed by atoms with E-state index in [9.17, 15) is 9.59 Å². The minimum atomic E-state index is -0.255. The summed E-state index contributed by atoms with van der Waals surface area (Å²) in [5, 5.41) is 3.50. The van der Waals surface area contributed by atoms with Gasteiger partial charge in [-0.3, -0.25) is 14.6 Å². The molecular formula is C25H23N7O3. The molecule has 35 heavy (non-hydrogen) atoms. The first kappa shape index (κ1) is 22.2. The average molecular weight is 470 g/mol. The van der Waals surface area contributed by atoms with Crippen LogP contribution in [0.15, 0.2) is 61.6 Å². The van der Waals surface area contributed by atoms with E-state index >= 15 is 0 Å². The Morgan fingerprint density at radius 3 is 2.77 bits per heavy atom. The van der Waals surface area contributed by atoms with E-state index in [1.54, 1.807) is 42.4 Å². The second kappa shape index (κ2) is 8.98. The van der Waals surface area contributed by atoms with Crippen LogP contribution in [0.2, 0.25) is 0 Å². The Morgan fingerprint density at radius 1 is 1.11 bits per heavy atom. The quantitative estimate of drug-likeness (QED) is 0.362. The fourth-order valence-electron chi connectivity index (χ4n) is 4.01. The maximum absolute atomic E-state index is 13.3. The zero-order chi connectivity index (χ0) is 24.5. The van der Waals surface area contributed by atoms with E-state index in [4.69, 9.17) is 4.74 Å². The van der Waals surface area contributed by atoms with Crippen LogP contribution in [0.1, 0.15) is 35.8 Å². The molecule has 1 amide bonds. The highest BCUT2D eigenvalue weighted by Gasteiger charge is 2.20. The Balaban J connectivity index is 1.37. The van der Waals surface area contributed by atoms with Crippen molar-refractivity contribution in [3.63, 3.8) is 0 Å². The summed E-state index contributed by atoms with van der Waals surface area (Å²) < 4.78 is 8.88. The van der Waals surface area contributed by atoms with Gasteiger partial charge in [-0.1, -0.05) is 0 Å². The molecule has 5 aromatic heterocycles. The van der Waals surface area contributed by atoms with Crippen molar-refractivity contribution in [2.24, 2.45) is 0 Å². The Kier molecular flexibility index (Phi) is 5.69. The summed E-state index contributed by atoms with van der Waals surface area (Å²) in [5.74, 6) is 0.0362. The van der Waals surface area contributed by atoms with Crippen molar-refractivity contribution in [2.45, 2.75) is 26.4 Å². The van der Waals surface area contributed by atoms with Gasteiger partial charge in [0, 0.05) is 47.8 Å². The zero-order valence-corrected chi connectivity index (χ0v) is 19.5. The van der Waals surface area contributed by atoms with Crippen LogP contribution < -0.4 is 10.1 Å². The highest BCUT2D eigenvalue weighted by Crippen LogP contribution is 2.25. The van der Waals surface area contributed by atoms with Crippen LogP contribution in [0, 0.1) is 0 Å². The lowest BCUT2D eigenvalue weighted by atomic mass is 10.1. The van der Waals surface area contributed by atoms with Crippen LogP contribution in [-0.2, 0) is 11.3 Å². The molecule has 0 aliphatic rings. The van der Waals surface area contributed by atoms with Crippen molar-refractivity contribution in [3.05, 3.63) is 72.7 Å². The molecule has 0 saturated heterocycles. The Hall–Kier alpha value is -4.60. The van der Waals surface area contributed by atoms with E-state index in [1.807, 2.05) is 30.5 Å². The zero-order valence-electron chi connectivity index (χ0n) is 19.5. The Labute approximate surface area is 200 Å². The molecule has 0 aliphatic carbocycles. The molecule has 0 saturated carbocycles. The molecule has 0 aliphatic heterocycles. The van der Waals surface area contributed by atoms with Gasteiger partial charge in [0.2, 0.25) is 11.8 Å². The van der Waals surface area contributed by atoms with Gasteiger partial charge in [0.15, 0.2) is 5.78 Å². The monoisotopic (exact) mass is 469 g/mol. The van der Waals surface area contributed by atoms with Crippen LogP contribution in [0.5, 0.6) is 5.88 Å². The van der Waals surface area contributed by atoms with Crippen molar-refractivity contribution in [1.29, 1.82) is 0 Å². The van der Waals surface area contributed by atoms with Crippen molar-refractivity contribution >= 4 is 39.4 Å². The van der Waals surface area contributed by atoms with Gasteiger partial charge in [0.05, 0.1) is 35.6 Å². The number of fused-ring (bicyclic) bond motifs is 2. The van der Waals surface area contributed by atoms with E-state index in [1.165, 1.54) is 18.7 Å². The predicted molar refractivity (Wildman–Crippen MR) is 130 cm³/mol. The fourth-order valence-corrected chi connectivity index (χ4v) is 4.01. The molecule has 10 nitrogen and oxygen atoms in total. The maximum Gasteiger partial charge on any atom is 0.244 e. The number of hydrogen-bond donors (Lipinski definition) is 1. The summed E-state index contributed by atoms with van der Waals surface area (Å²) in [4.78, 5) is 43.0. The number of aromatic nitrogens is 6. The first-order valence-electron chi connectivity index (χ1n) is 11.0. The molecule has 5 aromatic rings. The number of hydrogen-bond acceptors (Lipinski definition) is 7. The first-order chi connectivity index (χ1) is 16.9. The summed E-state index contributed by atoms with van der Waals surface area (Å²) in [7, 11) is 1.56. The first-order valence-corrected chi connectivity index (χ1v) is 11.0. The smallest absolute Gasteiger partial charge is 0.244 e. The predicted octanol–water partition coefficient (Wildman–Crippen LogP) is 3.64. The number of carbonyl (C=O) groups excluding carboxylic acids is 2. The number of rotatable bonds is 7. The van der Waals surface area contributed by atoms with Crippen LogP contribution in [0.4, 0.5) is 5.69 Å². The molecule has 10 heteroatoms. The number of ether oxygens (including phenoxy) is 1. The summed E-state index contributed by atoms with van der Waals surface area (Å²) in [6, 6.07) is 7.17. The molecule has 0 bridgehead atoms. The molecule has 0 fully saturated rings. The van der Waals surface area contributed by atoms with Gasteiger partial charge in [-0.05, 0) is 32.0 Å². The third kappa shape index (κ3) is 4.21. The molecular weight excluding hydrogens is 446 g/mol. The van der Waals surface area contributed by atoms with Gasteiger partial charge >= 0.3 is 0 Å². The normalized spacial score (nSPS) is 11.3. The standard InChI is InChI=1S/C25H23N7O3/c1-15(2)32-12-19(18-11-27-14-28-25(18)32)24(34)16-8-17(10-26-9-16)29-22(33)13-31-7-6-20-21(31)4-5-23(30-20)35-3/h4-12,14-15H,13H2,1-3H3,(H,29,33). The molecule has 5 heterocycles. The minimum absolute atomic E-state index is 0.0783. The van der Waals surface area contributed by atoms with Gasteiger partial charge in [0.1, 0.15) is 18.5 Å². The van der Waals surface area contributed by atoms with E-state index in [-0.39, 0.29) is 24.3 Å². The third-order valence-corrected chi connectivity index (χ3v) is 5.70. The number of nitrogens with zero attached hydrogens (tertiary/aromatic N) is 6. The van der Waals surface area contributed by atoms with Gasteiger partial charge in [-0.25, -0.2) is 15.0 Å². The molecule has 5 rings (SSSR count). The molecule has 1 N–H and O–H groups in total. The molecule has 0 aromatic carbocycles. The number of nitrogens with one attached hydrogen (secondary N) is 1. The lowest BCUT2D eigenvalue weighted by Crippen LogP contribution is -2.18. The van der Waals surface area contributed by atoms with E-state index < -0.39 is 0 Å². The lowest BCUT2D eigenvalue weighted by Gasteiger charge is -2.09. The summed E-state index contributed by atoms with van der Waals surface area (Å²) >= 11 is 0. The minimum Gasteiger partial charge on any atom is -0.481 e. The molecule has 0 atom stereocenters. The van der Waals surface area contributed by atoms with Crippen LogP contribution in [-0.4, -0.2) is 47.9 Å². The number of methoxy groups -OCH3 is 1. The third-order valence-electron chi connectivity index (χ3n) is 5.70. The lowest BCUT2D eigenvalue weighted by molar-refractivity contribution is -0.116. The summed E-state index contributed by atoms with van der Waals surface area (Å²) in [5.41, 5.74) is 3.52. The Bertz CT molecular complexity index is 1570. The molecule has 0 radical (unpaired) electrons. The highest BCUT2D eigenvalue weighted by molar-refractivity contribution is 6.16. The number of amides is 1. The average Bonchev–Trinajstić information content (AvgIpc) is 3.45. The van der Waals surface area contributed by atoms with Gasteiger partial charge < -0.3 is 19.2 Å². The van der Waals surface area contributed by atoms with Crippen molar-refractivity contribution < 1.29 is 14.3 Å². The second-order valence-electron chi connectivity index (χ2n) is 8.35. The van der Waals surface area contributed by atoms with Crippen LogP contribution in [0.25, 0.3) is 22.1 Å².